The smallest absolute Gasteiger partial charge is 0.326 e. The number of carboxylic acids is 1. The van der Waals surface area contributed by atoms with Crippen LogP contribution in [-0.2, 0) is 91.2 Å². The monoisotopic (exact) mass is 1660 g/mol. The molecule has 14 amide bonds. The van der Waals surface area contributed by atoms with Crippen LogP contribution in [0.2, 0.25) is 0 Å². The van der Waals surface area contributed by atoms with Gasteiger partial charge in [0.15, 0.2) is 5.96 Å². The summed E-state index contributed by atoms with van der Waals surface area (Å²) in [5.41, 5.74) is 23.2. The summed E-state index contributed by atoms with van der Waals surface area (Å²) >= 11 is 1.30. The van der Waals surface area contributed by atoms with E-state index in [2.05, 4.69) is 89.4 Å². The number of aromatic hydroxyl groups is 2. The molecule has 0 saturated carbocycles. The third-order valence-electron chi connectivity index (χ3n) is 17.3. The quantitative estimate of drug-likeness (QED) is 0.0142. The summed E-state index contributed by atoms with van der Waals surface area (Å²) in [5.74, 6) is -18.0. The highest BCUT2D eigenvalue weighted by atomic mass is 32.2. The molecular formula is C70H109N21O24S. The van der Waals surface area contributed by atoms with Crippen LogP contribution < -0.4 is 97.4 Å². The fraction of sp³-hybridized carbons (Fsp3) is 0.557. The number of aromatic amines is 1. The Balaban J connectivity index is 1.73. The summed E-state index contributed by atoms with van der Waals surface area (Å²) in [6.07, 6.45) is 2.44. The van der Waals surface area contributed by atoms with Crippen molar-refractivity contribution in [3.05, 3.63) is 77.9 Å². The molecule has 45 nitrogen and oxygen atoms in total. The van der Waals surface area contributed by atoms with Crippen LogP contribution in [0.4, 0.5) is 0 Å². The first-order chi connectivity index (χ1) is 54.9. The normalized spacial score (nSPS) is 15.0. The number of benzene rings is 2. The number of carbonyl (C=O) groups excluding carboxylic acids is 14. The fourth-order valence-corrected chi connectivity index (χ4v) is 11.2. The maximum Gasteiger partial charge on any atom is 0.326 e. The molecule has 116 heavy (non-hydrogen) atoms. The van der Waals surface area contributed by atoms with Gasteiger partial charge in [0.2, 0.25) is 82.7 Å². The molecule has 644 valence electrons. The summed E-state index contributed by atoms with van der Waals surface area (Å²) in [4.78, 5) is 214. The van der Waals surface area contributed by atoms with Crippen LogP contribution >= 0.6 is 11.8 Å². The number of phenols is 2. The molecule has 0 aliphatic carbocycles. The average Bonchev–Trinajstić information content (AvgIpc) is 0.854. The number of imidazole rings is 1. The van der Waals surface area contributed by atoms with Gasteiger partial charge in [0.25, 0.3) is 0 Å². The van der Waals surface area contributed by atoms with Crippen LogP contribution in [0.1, 0.15) is 83.0 Å². The first-order valence-electron chi connectivity index (χ1n) is 36.6. The first-order valence-corrected chi connectivity index (χ1v) is 38.0. The number of nitrogens with one attached hydrogen (secondary N) is 15. The Kier molecular flexibility index (Phi) is 43.8. The van der Waals surface area contributed by atoms with E-state index in [1.54, 1.807) is 6.26 Å². The van der Waals surface area contributed by atoms with Gasteiger partial charge in [-0.05, 0) is 112 Å². The Labute approximate surface area is 670 Å². The molecule has 0 saturated heterocycles. The number of carboxylic acid groups (broad SMARTS) is 1. The Morgan fingerprint density at radius 2 is 0.871 bits per heavy atom. The minimum atomic E-state index is -2.04. The SMILES string of the molecule is CSCC[C@H](NC(=O)[C@H](Cc1ccc(O)cc1)NC(=O)[C@H](CO)NC(=O)[C@H](Cc1ccc(O)cc1)NC(=O)CNC(=O)[C@H](CO)NC(=O)[C@@H](NC(=O)[C@H](CO)NC(=O)[C@@H](NC(=O)[C@H](CO)NC(=O)[C@H](CCCCN)NC(=O)[C@H](CO)NC(=O)[C@H](C)NC(=O)[C@@H](N)CCCN=C(N)N)C(C)C)[C@@H](C)O)C(=O)N[C@@H](Cc1cnc[nH]1)C(=O)O. The second-order valence-electron chi connectivity index (χ2n) is 27.0. The van der Waals surface area contributed by atoms with Gasteiger partial charge < -0.3 is 148 Å². The van der Waals surface area contributed by atoms with Gasteiger partial charge >= 0.3 is 5.97 Å². The molecule has 32 N–H and O–H groups in total. The van der Waals surface area contributed by atoms with E-state index < -0.39 is 231 Å². The maximum absolute atomic E-state index is 14.2. The molecule has 3 rings (SSSR count). The van der Waals surface area contributed by atoms with Crippen LogP contribution in [-0.4, -0.2) is 306 Å². The predicted octanol–water partition coefficient (Wildman–Crippen LogP) is -11.4. The summed E-state index contributed by atoms with van der Waals surface area (Å²) < 4.78 is 0. The van der Waals surface area contributed by atoms with Crippen molar-refractivity contribution in [1.82, 2.24) is 84.4 Å². The van der Waals surface area contributed by atoms with E-state index in [4.69, 9.17) is 22.9 Å². The summed E-state index contributed by atoms with van der Waals surface area (Å²) in [6.45, 7) is -1.22. The number of guanidine groups is 1. The Hall–Kier alpha value is -11.4. The standard InChI is InChI=1S/C70H109N21O24S/c1-34(2)54(90-65(110)51(31-95)86-59(104)43(10-6-7-20-71)81-63(108)49(29-93)85-56(101)35(3)79-57(102)42(72)9-8-21-76-70(73)74)67(112)89-52(32-96)66(111)91-55(36(4)97)68(113)88-48(28-92)58(103)77-27-53(100)80-45(23-37-11-15-40(98)16-12-37)61(106)87-50(30-94)64(109)83-46(24-38-13-17-41(99)18-14-38)62(107)82-44(19-22-116-5)60(105)84-47(69(114)115)25-39-26-75-33-78-39/h11-18,26,33-36,42-52,54-55,92-99H,6-10,19-25,27-32,71-72H2,1-5H3,(H,75,78)(H,77,103)(H,79,102)(H,80,100)(H,81,108)(H,82,107)(H,83,109)(H,84,105)(H,85,101)(H,86,104)(H,87,106)(H,88,113)(H,89,112)(H,90,110)(H,91,111)(H,114,115)(H4,73,74,76)/t35-,36+,42-,43-,44-,45-,46-,47-,48-,49-,50-,51-,52-,54-,55-/m0/s1. The molecule has 3 aromatic rings. The van der Waals surface area contributed by atoms with Gasteiger partial charge in [-0.1, -0.05) is 38.1 Å². The maximum atomic E-state index is 14.2. The molecule has 15 atom stereocenters. The lowest BCUT2D eigenvalue weighted by Gasteiger charge is -2.28. The van der Waals surface area contributed by atoms with Gasteiger partial charge in [-0.3, -0.25) is 72.1 Å². The van der Waals surface area contributed by atoms with Crippen LogP contribution in [0.3, 0.4) is 0 Å². The van der Waals surface area contributed by atoms with Gasteiger partial charge in [-0.25, -0.2) is 9.78 Å². The molecule has 46 heteroatoms. The third kappa shape index (κ3) is 34.7. The molecule has 0 aliphatic heterocycles. The molecule has 0 aliphatic rings. The number of aromatic nitrogens is 2. The Bertz CT molecular complexity index is 3770. The number of aliphatic hydroxyl groups is 6. The van der Waals surface area contributed by atoms with Crippen molar-refractivity contribution in [3.8, 4) is 11.5 Å². The summed E-state index contributed by atoms with van der Waals surface area (Å²) in [7, 11) is 0. The molecule has 1 aromatic heterocycles. The number of hydrogen-bond donors (Lipinski definition) is 28. The van der Waals surface area contributed by atoms with Crippen molar-refractivity contribution >= 4 is 106 Å². The Morgan fingerprint density at radius 1 is 0.466 bits per heavy atom. The van der Waals surface area contributed by atoms with Crippen molar-refractivity contribution in [2.75, 3.05) is 64.7 Å². The molecular weight excluding hydrogens is 1550 g/mol. The molecule has 2 aromatic carbocycles. The number of H-pyrrole nitrogens is 1. The lowest BCUT2D eigenvalue weighted by atomic mass is 10.0. The number of hydrogen-bond acceptors (Lipinski definition) is 28. The van der Waals surface area contributed by atoms with E-state index in [1.165, 1.54) is 93.6 Å². The summed E-state index contributed by atoms with van der Waals surface area (Å²) in [5, 5.41) is 124. The second-order valence-corrected chi connectivity index (χ2v) is 28.0. The largest absolute Gasteiger partial charge is 0.508 e. The van der Waals surface area contributed by atoms with E-state index >= 15 is 0 Å². The zero-order valence-corrected chi connectivity index (χ0v) is 65.3. The topological polar surface area (TPSA) is 752 Å². The van der Waals surface area contributed by atoms with Gasteiger partial charge in [0.1, 0.15) is 90.0 Å². The first kappa shape index (κ1) is 98.8. The van der Waals surface area contributed by atoms with Crippen molar-refractivity contribution in [3.63, 3.8) is 0 Å². The van der Waals surface area contributed by atoms with Crippen molar-refractivity contribution in [1.29, 1.82) is 0 Å². The number of thioether (sulfide) groups is 1. The minimum Gasteiger partial charge on any atom is -0.508 e. The van der Waals surface area contributed by atoms with E-state index in [0.717, 1.165) is 6.92 Å². The second kappa shape index (κ2) is 51.4. The van der Waals surface area contributed by atoms with E-state index in [1.807, 2.05) is 0 Å². The number of rotatable bonds is 53. The van der Waals surface area contributed by atoms with E-state index in [-0.39, 0.29) is 74.8 Å². The predicted molar refractivity (Wildman–Crippen MR) is 413 cm³/mol. The molecule has 0 unspecified atom stereocenters. The lowest BCUT2D eigenvalue weighted by Crippen LogP contribution is -2.63. The van der Waals surface area contributed by atoms with Crippen molar-refractivity contribution in [2.45, 2.75) is 176 Å². The van der Waals surface area contributed by atoms with Crippen LogP contribution in [0, 0.1) is 5.92 Å². The van der Waals surface area contributed by atoms with Gasteiger partial charge in [-0.15, -0.1) is 0 Å². The van der Waals surface area contributed by atoms with Gasteiger partial charge in [0.05, 0.1) is 58.1 Å². The average molecular weight is 1660 g/mol. The summed E-state index contributed by atoms with van der Waals surface area (Å²) in [6, 6.07) is -12.4. The number of amides is 14. The highest BCUT2D eigenvalue weighted by Crippen LogP contribution is 2.16. The van der Waals surface area contributed by atoms with E-state index in [9.17, 15) is 118 Å². The number of nitrogens with zero attached hydrogens (tertiary/aromatic N) is 2. The van der Waals surface area contributed by atoms with Crippen LogP contribution in [0.25, 0.3) is 0 Å². The number of unbranched alkanes of at least 4 members (excludes halogenated alkanes) is 1. The third-order valence-corrected chi connectivity index (χ3v) is 18.0. The molecule has 0 bridgehead atoms. The molecule has 0 fully saturated rings. The van der Waals surface area contributed by atoms with Crippen molar-refractivity contribution in [2.24, 2.45) is 33.8 Å². The molecule has 1 heterocycles. The zero-order valence-electron chi connectivity index (χ0n) is 64.5. The van der Waals surface area contributed by atoms with Gasteiger partial charge in [0, 0.05) is 37.7 Å². The number of aliphatic imine (C=N–C) groups is 1. The Morgan fingerprint density at radius 3 is 1.31 bits per heavy atom. The molecule has 0 radical (unpaired) electrons. The zero-order chi connectivity index (χ0) is 86.9. The lowest BCUT2D eigenvalue weighted by molar-refractivity contribution is -0.142. The highest BCUT2D eigenvalue weighted by molar-refractivity contribution is 7.98. The number of nitrogens with two attached hydrogens (primary N) is 4. The number of phenolic OH excluding ortho intramolecular Hbond substituents is 2. The minimum absolute atomic E-state index is 0.0271. The van der Waals surface area contributed by atoms with Crippen LogP contribution in [0.15, 0.2) is 66.0 Å². The van der Waals surface area contributed by atoms with E-state index in [0.29, 0.717) is 29.7 Å². The number of aliphatic hydroxyl groups excluding tert-OH is 6. The fourth-order valence-electron chi connectivity index (χ4n) is 10.7. The molecule has 0 spiro atoms. The van der Waals surface area contributed by atoms with Crippen molar-refractivity contribution < 1.29 is 118 Å². The van der Waals surface area contributed by atoms with Gasteiger partial charge in [-0.2, -0.15) is 11.8 Å². The van der Waals surface area contributed by atoms with Crippen LogP contribution in [0.5, 0.6) is 11.5 Å². The number of aliphatic carboxylic acids is 1. The number of carbonyl (C=O) groups is 15. The highest BCUT2D eigenvalue weighted by Gasteiger charge is 2.38.